The van der Waals surface area contributed by atoms with Crippen molar-refractivity contribution in [1.29, 1.82) is 0 Å². The van der Waals surface area contributed by atoms with Crippen molar-refractivity contribution < 1.29 is 9.18 Å². The lowest BCUT2D eigenvalue weighted by Crippen LogP contribution is -2.32. The summed E-state index contributed by atoms with van der Waals surface area (Å²) in [6.45, 7) is 2.83. The van der Waals surface area contributed by atoms with Gasteiger partial charge in [0.25, 0.3) is 0 Å². The molecule has 0 unspecified atom stereocenters. The Hall–Kier alpha value is -0.840. The molecule has 0 aliphatic carbocycles. The Bertz CT molecular complexity index is 442. The van der Waals surface area contributed by atoms with Crippen LogP contribution in [0.15, 0.2) is 18.2 Å². The Morgan fingerprint density at radius 1 is 1.56 bits per heavy atom. The van der Waals surface area contributed by atoms with Gasteiger partial charge in [0, 0.05) is 11.7 Å². The second-order valence-electron chi connectivity index (χ2n) is 4.26. The van der Waals surface area contributed by atoms with Gasteiger partial charge in [0.2, 0.25) is 5.91 Å². The second-order valence-corrected chi connectivity index (χ2v) is 4.66. The highest BCUT2D eigenvalue weighted by molar-refractivity contribution is 6.31. The van der Waals surface area contributed by atoms with Crippen molar-refractivity contribution in [2.45, 2.75) is 19.4 Å². The first-order valence-corrected chi connectivity index (χ1v) is 5.95. The number of carbonyl (C=O) groups excluding carboxylic acids is 1. The maximum Gasteiger partial charge on any atom is 0.229 e. The lowest BCUT2D eigenvalue weighted by molar-refractivity contribution is -0.119. The minimum Gasteiger partial charge on any atom is -0.326 e. The molecular formula is C12H15Cl2FN2O. The van der Waals surface area contributed by atoms with Crippen LogP contribution in [0, 0.1) is 11.7 Å². The van der Waals surface area contributed by atoms with E-state index in [0.717, 1.165) is 13.0 Å². The van der Waals surface area contributed by atoms with Gasteiger partial charge in [-0.15, -0.1) is 12.4 Å². The molecule has 1 fully saturated rings. The predicted molar refractivity (Wildman–Crippen MR) is 72.9 cm³/mol. The van der Waals surface area contributed by atoms with Crippen LogP contribution in [0.2, 0.25) is 5.02 Å². The fraction of sp³-hybridized carbons (Fsp3) is 0.417. The molecule has 1 heterocycles. The standard InChI is InChI=1S/C12H14ClFN2O.ClH/c1-7-9(4-5-15-7)12(17)16-8-2-3-11(14)10(13)6-8;/h2-3,6-7,9,15H,4-5H2,1H3,(H,16,17);1H/t7-,9-;/m0./s1. The van der Waals surface area contributed by atoms with Gasteiger partial charge in [-0.2, -0.15) is 0 Å². The summed E-state index contributed by atoms with van der Waals surface area (Å²) in [6.07, 6.45) is 0.821. The lowest BCUT2D eigenvalue weighted by Gasteiger charge is -2.15. The Kier molecular flexibility index (Phi) is 5.38. The lowest BCUT2D eigenvalue weighted by atomic mass is 10.0. The molecule has 0 spiro atoms. The van der Waals surface area contributed by atoms with Gasteiger partial charge >= 0.3 is 0 Å². The van der Waals surface area contributed by atoms with E-state index in [1.165, 1.54) is 18.2 Å². The van der Waals surface area contributed by atoms with Gasteiger partial charge in [0.15, 0.2) is 0 Å². The van der Waals surface area contributed by atoms with E-state index in [-0.39, 0.29) is 35.3 Å². The molecule has 2 rings (SSSR count). The molecule has 0 saturated carbocycles. The number of rotatable bonds is 2. The normalized spacial score (nSPS) is 22.4. The molecule has 1 aliphatic rings. The average molecular weight is 293 g/mol. The van der Waals surface area contributed by atoms with Crippen molar-refractivity contribution in [3.05, 3.63) is 29.0 Å². The van der Waals surface area contributed by atoms with E-state index in [0.29, 0.717) is 5.69 Å². The summed E-state index contributed by atoms with van der Waals surface area (Å²) >= 11 is 5.65. The van der Waals surface area contributed by atoms with Crippen molar-refractivity contribution in [3.63, 3.8) is 0 Å². The van der Waals surface area contributed by atoms with Crippen LogP contribution < -0.4 is 10.6 Å². The van der Waals surface area contributed by atoms with Crippen LogP contribution in [0.1, 0.15) is 13.3 Å². The van der Waals surface area contributed by atoms with Gasteiger partial charge in [0.1, 0.15) is 5.82 Å². The van der Waals surface area contributed by atoms with E-state index in [1.54, 1.807) is 0 Å². The number of benzene rings is 1. The first-order valence-electron chi connectivity index (χ1n) is 5.57. The number of carbonyl (C=O) groups is 1. The topological polar surface area (TPSA) is 41.1 Å². The highest BCUT2D eigenvalue weighted by atomic mass is 35.5. The molecule has 2 N–H and O–H groups in total. The highest BCUT2D eigenvalue weighted by Gasteiger charge is 2.29. The third-order valence-electron chi connectivity index (χ3n) is 3.05. The maximum absolute atomic E-state index is 12.9. The number of hydrogen-bond donors (Lipinski definition) is 2. The Balaban J connectivity index is 0.00000162. The number of anilines is 1. The van der Waals surface area contributed by atoms with Crippen molar-refractivity contribution in [2.75, 3.05) is 11.9 Å². The van der Waals surface area contributed by atoms with Crippen LogP contribution in [0.4, 0.5) is 10.1 Å². The maximum atomic E-state index is 12.9. The van der Waals surface area contributed by atoms with Crippen LogP contribution in [-0.4, -0.2) is 18.5 Å². The molecule has 100 valence electrons. The third-order valence-corrected chi connectivity index (χ3v) is 3.34. The molecular weight excluding hydrogens is 278 g/mol. The number of amides is 1. The fourth-order valence-corrected chi connectivity index (χ4v) is 2.21. The molecule has 1 aromatic carbocycles. The molecule has 0 aromatic heterocycles. The summed E-state index contributed by atoms with van der Waals surface area (Å²) < 4.78 is 12.9. The fourth-order valence-electron chi connectivity index (χ4n) is 2.03. The average Bonchev–Trinajstić information content (AvgIpc) is 2.70. The Morgan fingerprint density at radius 3 is 2.83 bits per heavy atom. The largest absolute Gasteiger partial charge is 0.326 e. The van der Waals surface area contributed by atoms with Crippen LogP contribution in [0.25, 0.3) is 0 Å². The zero-order chi connectivity index (χ0) is 12.4. The van der Waals surface area contributed by atoms with Crippen molar-refractivity contribution >= 4 is 35.6 Å². The molecule has 3 nitrogen and oxygen atoms in total. The van der Waals surface area contributed by atoms with Crippen LogP contribution in [0.3, 0.4) is 0 Å². The molecule has 1 amide bonds. The van der Waals surface area contributed by atoms with Crippen LogP contribution in [-0.2, 0) is 4.79 Å². The summed E-state index contributed by atoms with van der Waals surface area (Å²) in [5.41, 5.74) is 0.528. The minimum absolute atomic E-state index is 0. The zero-order valence-corrected chi connectivity index (χ0v) is 11.4. The molecule has 2 atom stereocenters. The number of nitrogens with one attached hydrogen (secondary N) is 2. The zero-order valence-electron chi connectivity index (χ0n) is 9.87. The number of halogens is 3. The number of hydrogen-bond acceptors (Lipinski definition) is 2. The van der Waals surface area contributed by atoms with Crippen molar-refractivity contribution in [2.24, 2.45) is 5.92 Å². The van der Waals surface area contributed by atoms with Gasteiger partial charge in [-0.05, 0) is 38.1 Å². The molecule has 0 radical (unpaired) electrons. The Labute approximate surface area is 116 Å². The van der Waals surface area contributed by atoms with E-state index in [4.69, 9.17) is 11.6 Å². The first kappa shape index (κ1) is 15.2. The monoisotopic (exact) mass is 292 g/mol. The van der Waals surface area contributed by atoms with Gasteiger partial charge < -0.3 is 10.6 Å². The second kappa shape index (κ2) is 6.36. The first-order chi connectivity index (χ1) is 8.08. The molecule has 1 aromatic rings. The molecule has 6 heteroatoms. The molecule has 1 aliphatic heterocycles. The molecule has 0 bridgehead atoms. The van der Waals surface area contributed by atoms with Gasteiger partial charge in [-0.1, -0.05) is 11.6 Å². The summed E-state index contributed by atoms with van der Waals surface area (Å²) in [7, 11) is 0. The van der Waals surface area contributed by atoms with Crippen molar-refractivity contribution in [1.82, 2.24) is 5.32 Å². The smallest absolute Gasteiger partial charge is 0.229 e. The van der Waals surface area contributed by atoms with Gasteiger partial charge in [-0.3, -0.25) is 4.79 Å². The van der Waals surface area contributed by atoms with E-state index < -0.39 is 5.82 Å². The molecule has 1 saturated heterocycles. The van der Waals surface area contributed by atoms with Crippen molar-refractivity contribution in [3.8, 4) is 0 Å². The van der Waals surface area contributed by atoms with Crippen LogP contribution in [0.5, 0.6) is 0 Å². The summed E-state index contributed by atoms with van der Waals surface area (Å²) in [5.74, 6) is -0.579. The van der Waals surface area contributed by atoms with E-state index in [1.807, 2.05) is 6.92 Å². The van der Waals surface area contributed by atoms with Gasteiger partial charge in [-0.25, -0.2) is 4.39 Å². The third kappa shape index (κ3) is 3.34. The van der Waals surface area contributed by atoms with Gasteiger partial charge in [0.05, 0.1) is 10.9 Å². The Morgan fingerprint density at radius 2 is 2.28 bits per heavy atom. The predicted octanol–water partition coefficient (Wildman–Crippen LogP) is 2.84. The highest BCUT2D eigenvalue weighted by Crippen LogP contribution is 2.22. The summed E-state index contributed by atoms with van der Waals surface area (Å²) in [6, 6.07) is 4.34. The van der Waals surface area contributed by atoms with E-state index >= 15 is 0 Å². The SMILES string of the molecule is C[C@@H]1NCC[C@@H]1C(=O)Nc1ccc(F)c(Cl)c1.Cl. The molecule has 18 heavy (non-hydrogen) atoms. The quantitative estimate of drug-likeness (QED) is 0.880. The van der Waals surface area contributed by atoms with E-state index in [2.05, 4.69) is 10.6 Å². The van der Waals surface area contributed by atoms with E-state index in [9.17, 15) is 9.18 Å². The van der Waals surface area contributed by atoms with Crippen LogP contribution >= 0.6 is 24.0 Å². The summed E-state index contributed by atoms with van der Waals surface area (Å²) in [5, 5.41) is 5.98. The summed E-state index contributed by atoms with van der Waals surface area (Å²) in [4.78, 5) is 11.9. The minimum atomic E-state index is -0.486.